The molecule has 1 amide bonds. The first-order valence-corrected chi connectivity index (χ1v) is 11.6. The summed E-state index contributed by atoms with van der Waals surface area (Å²) in [5.41, 5.74) is 0.520. The van der Waals surface area contributed by atoms with Gasteiger partial charge in [0, 0.05) is 18.3 Å². The van der Waals surface area contributed by atoms with Gasteiger partial charge in [0.1, 0.15) is 18.0 Å². The molecule has 174 valence electrons. The number of carbonyl (C=O) groups is 1. The van der Waals surface area contributed by atoms with Crippen LogP contribution in [0.1, 0.15) is 5.56 Å². The highest BCUT2D eigenvalue weighted by Gasteiger charge is 2.13. The number of anilines is 1. The minimum Gasteiger partial charge on any atom is -0.457 e. The number of carbonyl (C=O) groups excluding carboxylic acids is 1. The molecule has 0 spiro atoms. The Morgan fingerprint density at radius 1 is 0.914 bits per heavy atom. The van der Waals surface area contributed by atoms with Crippen LogP contribution in [0.4, 0.5) is 5.13 Å². The molecule has 0 saturated carbocycles. The Morgan fingerprint density at radius 2 is 1.66 bits per heavy atom. The fourth-order valence-electron chi connectivity index (χ4n) is 3.55. The van der Waals surface area contributed by atoms with Gasteiger partial charge in [-0.2, -0.15) is 0 Å². The number of aromatic nitrogens is 3. The predicted molar refractivity (Wildman–Crippen MR) is 135 cm³/mol. The number of hydrogen-bond acceptors (Lipinski definition) is 6. The van der Waals surface area contributed by atoms with E-state index in [0.717, 1.165) is 20.6 Å². The van der Waals surface area contributed by atoms with E-state index >= 15 is 0 Å². The number of benzene rings is 3. The van der Waals surface area contributed by atoms with Crippen molar-refractivity contribution in [1.82, 2.24) is 14.1 Å². The van der Waals surface area contributed by atoms with Gasteiger partial charge in [-0.1, -0.05) is 59.9 Å². The molecule has 5 aromatic rings. The molecule has 0 unspecified atom stereocenters. The maximum Gasteiger partial charge on any atom is 0.331 e. The normalized spacial score (nSPS) is 10.9. The number of ether oxygens (including phenoxy) is 1. The van der Waals surface area contributed by atoms with Crippen LogP contribution in [0.15, 0.2) is 101 Å². The Hall–Kier alpha value is -4.50. The van der Waals surface area contributed by atoms with Crippen LogP contribution >= 0.6 is 11.3 Å². The molecule has 9 heteroatoms. The second-order valence-electron chi connectivity index (χ2n) is 7.75. The fraction of sp³-hybridized carbons (Fsp3) is 0.0769. The molecule has 2 heterocycles. The summed E-state index contributed by atoms with van der Waals surface area (Å²) in [7, 11) is 0. The summed E-state index contributed by atoms with van der Waals surface area (Å²) in [6.45, 7) is -0.113. The zero-order valence-corrected chi connectivity index (χ0v) is 19.3. The second kappa shape index (κ2) is 9.78. The van der Waals surface area contributed by atoms with Gasteiger partial charge in [-0.25, -0.2) is 9.78 Å². The Bertz CT molecular complexity index is 1610. The summed E-state index contributed by atoms with van der Waals surface area (Å²) < 4.78 is 8.99. The van der Waals surface area contributed by atoms with E-state index in [1.807, 2.05) is 72.8 Å². The first kappa shape index (κ1) is 22.3. The molecule has 2 aromatic heterocycles. The van der Waals surface area contributed by atoms with Crippen LogP contribution in [0.5, 0.6) is 11.5 Å². The summed E-state index contributed by atoms with van der Waals surface area (Å²) in [4.78, 5) is 42.2. The molecule has 0 saturated heterocycles. The van der Waals surface area contributed by atoms with Gasteiger partial charge in [0.15, 0.2) is 5.13 Å². The van der Waals surface area contributed by atoms with E-state index in [2.05, 4.69) is 10.3 Å². The quantitative estimate of drug-likeness (QED) is 0.375. The van der Waals surface area contributed by atoms with Gasteiger partial charge in [-0.15, -0.1) is 0 Å². The monoisotopic (exact) mass is 484 g/mol. The van der Waals surface area contributed by atoms with Gasteiger partial charge in [-0.3, -0.25) is 18.7 Å². The van der Waals surface area contributed by atoms with Crippen molar-refractivity contribution in [3.8, 4) is 11.5 Å². The average Bonchev–Trinajstić information content (AvgIpc) is 3.26. The first-order valence-electron chi connectivity index (χ1n) is 10.8. The second-order valence-corrected chi connectivity index (χ2v) is 8.78. The van der Waals surface area contributed by atoms with E-state index in [4.69, 9.17) is 4.74 Å². The van der Waals surface area contributed by atoms with Crippen LogP contribution in [0.2, 0.25) is 0 Å². The summed E-state index contributed by atoms with van der Waals surface area (Å²) in [6.07, 6.45) is 1.44. The molecule has 0 bridgehead atoms. The van der Waals surface area contributed by atoms with Gasteiger partial charge >= 0.3 is 5.69 Å². The van der Waals surface area contributed by atoms with Gasteiger partial charge in [0.2, 0.25) is 5.91 Å². The van der Waals surface area contributed by atoms with Gasteiger partial charge in [-0.05, 0) is 29.8 Å². The van der Waals surface area contributed by atoms with Crippen LogP contribution < -0.4 is 21.3 Å². The topological polar surface area (TPSA) is 95.2 Å². The number of hydrogen-bond donors (Lipinski definition) is 1. The largest absolute Gasteiger partial charge is 0.457 e. The Balaban J connectivity index is 1.31. The number of nitrogens with zero attached hydrogens (tertiary/aromatic N) is 3. The minimum absolute atomic E-state index is 0.298. The number of fused-ring (bicyclic) bond motifs is 1. The fourth-order valence-corrected chi connectivity index (χ4v) is 4.46. The van der Waals surface area contributed by atoms with Crippen molar-refractivity contribution in [3.63, 3.8) is 0 Å². The van der Waals surface area contributed by atoms with Crippen molar-refractivity contribution in [2.24, 2.45) is 0 Å². The number of thiazole rings is 1. The van der Waals surface area contributed by atoms with Crippen molar-refractivity contribution < 1.29 is 9.53 Å². The van der Waals surface area contributed by atoms with Gasteiger partial charge in [0.05, 0.1) is 16.8 Å². The van der Waals surface area contributed by atoms with Crippen molar-refractivity contribution >= 4 is 32.6 Å². The van der Waals surface area contributed by atoms with E-state index in [1.165, 1.54) is 28.2 Å². The lowest BCUT2D eigenvalue weighted by molar-refractivity contribution is -0.116. The number of nitrogens with one attached hydrogen (secondary N) is 1. The number of amides is 1. The standard InChI is InChI=1S/C26H20N4O4S/c31-23(17-30-24(32)13-14-29(26(30)33)16-18-7-3-1-4-8-18)28-25-27-21-12-11-20(15-22(21)35-25)34-19-9-5-2-6-10-19/h1-15H,16-17H2,(H,27,28,31). The third-order valence-corrected chi connectivity index (χ3v) is 6.16. The maximum atomic E-state index is 12.8. The summed E-state index contributed by atoms with van der Waals surface area (Å²) in [5.74, 6) is 0.859. The molecular weight excluding hydrogens is 464 g/mol. The molecule has 3 aromatic carbocycles. The zero-order valence-electron chi connectivity index (χ0n) is 18.5. The maximum absolute atomic E-state index is 12.8. The molecule has 0 fully saturated rings. The van der Waals surface area contributed by atoms with Crippen molar-refractivity contribution in [3.05, 3.63) is 118 Å². The SMILES string of the molecule is O=C(Cn1c(=O)ccn(Cc2ccccc2)c1=O)Nc1nc2ccc(Oc3ccccc3)cc2s1. The smallest absolute Gasteiger partial charge is 0.331 e. The molecule has 0 radical (unpaired) electrons. The highest BCUT2D eigenvalue weighted by molar-refractivity contribution is 7.22. The molecule has 35 heavy (non-hydrogen) atoms. The van der Waals surface area contributed by atoms with Crippen LogP contribution in [0.3, 0.4) is 0 Å². The molecule has 1 N–H and O–H groups in total. The van der Waals surface area contributed by atoms with E-state index in [9.17, 15) is 14.4 Å². The summed E-state index contributed by atoms with van der Waals surface area (Å²) >= 11 is 1.28. The highest BCUT2D eigenvalue weighted by Crippen LogP contribution is 2.31. The molecule has 8 nitrogen and oxygen atoms in total. The average molecular weight is 485 g/mol. The summed E-state index contributed by atoms with van der Waals surface area (Å²) in [6, 6.07) is 25.6. The number of rotatable bonds is 7. The molecule has 0 aliphatic rings. The third-order valence-electron chi connectivity index (χ3n) is 5.22. The molecule has 0 aliphatic heterocycles. The lowest BCUT2D eigenvalue weighted by atomic mass is 10.2. The predicted octanol–water partition coefficient (Wildman–Crippen LogP) is 4.10. The Kier molecular flexibility index (Phi) is 6.23. The van der Waals surface area contributed by atoms with E-state index in [-0.39, 0.29) is 0 Å². The molecular formula is C26H20N4O4S. The lowest BCUT2D eigenvalue weighted by Gasteiger charge is -2.09. The number of para-hydroxylation sites is 1. The van der Waals surface area contributed by atoms with Crippen LogP contribution in [0, 0.1) is 0 Å². The van der Waals surface area contributed by atoms with Gasteiger partial charge in [0.25, 0.3) is 5.56 Å². The molecule has 5 rings (SSSR count). The van der Waals surface area contributed by atoms with Gasteiger partial charge < -0.3 is 10.1 Å². The summed E-state index contributed by atoms with van der Waals surface area (Å²) in [5, 5.41) is 3.06. The third kappa shape index (κ3) is 5.20. The zero-order chi connectivity index (χ0) is 24.2. The van der Waals surface area contributed by atoms with Crippen molar-refractivity contribution in [1.29, 1.82) is 0 Å². The first-order chi connectivity index (χ1) is 17.0. The van der Waals surface area contributed by atoms with Crippen LogP contribution in [0.25, 0.3) is 10.2 Å². The van der Waals surface area contributed by atoms with E-state index in [1.54, 1.807) is 6.07 Å². The molecule has 0 aliphatic carbocycles. The van der Waals surface area contributed by atoms with E-state index in [0.29, 0.717) is 22.9 Å². The van der Waals surface area contributed by atoms with Crippen LogP contribution in [-0.2, 0) is 17.9 Å². The highest BCUT2D eigenvalue weighted by atomic mass is 32.1. The minimum atomic E-state index is -0.552. The Labute approximate surface area is 203 Å². The van der Waals surface area contributed by atoms with E-state index < -0.39 is 23.7 Å². The lowest BCUT2D eigenvalue weighted by Crippen LogP contribution is -2.41. The van der Waals surface area contributed by atoms with Crippen molar-refractivity contribution in [2.75, 3.05) is 5.32 Å². The van der Waals surface area contributed by atoms with Crippen molar-refractivity contribution in [2.45, 2.75) is 13.1 Å². The van der Waals surface area contributed by atoms with Crippen LogP contribution in [-0.4, -0.2) is 20.0 Å². The Morgan fingerprint density at radius 3 is 2.43 bits per heavy atom. The molecule has 0 atom stereocenters.